The monoisotopic (exact) mass is 398 g/mol. The maximum atomic E-state index is 10.0. The Kier molecular flexibility index (Phi) is 7.52. The van der Waals surface area contributed by atoms with Crippen molar-refractivity contribution in [2.45, 2.75) is 105 Å². The summed E-state index contributed by atoms with van der Waals surface area (Å²) < 4.78 is 0. The van der Waals surface area contributed by atoms with Crippen LogP contribution in [-0.4, -0.2) is 11.2 Å². The minimum Gasteiger partial charge on any atom is -0.393 e. The minimum atomic E-state index is -0.174. The summed E-state index contributed by atoms with van der Waals surface area (Å²) in [5.41, 5.74) is 4.70. The molecule has 1 heteroatoms. The molecule has 164 valence electrons. The summed E-state index contributed by atoms with van der Waals surface area (Å²) in [6.07, 6.45) is 16.8. The third-order valence-corrected chi connectivity index (χ3v) is 9.13. The molecule has 0 aromatic carbocycles. The lowest BCUT2D eigenvalue weighted by molar-refractivity contribution is 0.0907. The fourth-order valence-corrected chi connectivity index (χ4v) is 6.67. The summed E-state index contributed by atoms with van der Waals surface area (Å²) >= 11 is 0. The maximum Gasteiger partial charge on any atom is 0.0583 e. The van der Waals surface area contributed by atoms with Crippen LogP contribution in [0.3, 0.4) is 0 Å². The van der Waals surface area contributed by atoms with Gasteiger partial charge in [-0.15, -0.1) is 0 Å². The Bertz CT molecular complexity index is 639. The summed E-state index contributed by atoms with van der Waals surface area (Å²) in [5.74, 6) is 4.14. The molecule has 3 rings (SSSR count). The molecular weight excluding hydrogens is 352 g/mol. The van der Waals surface area contributed by atoms with Crippen LogP contribution in [0.5, 0.6) is 0 Å². The Morgan fingerprint density at radius 1 is 1.07 bits per heavy atom. The second kappa shape index (κ2) is 9.54. The molecule has 3 aliphatic rings. The van der Waals surface area contributed by atoms with E-state index in [0.29, 0.717) is 5.41 Å². The molecule has 0 spiro atoms. The molecule has 0 radical (unpaired) electrons. The third-order valence-electron chi connectivity index (χ3n) is 9.13. The Hall–Kier alpha value is -0.820. The first-order valence-electron chi connectivity index (χ1n) is 12.5. The fraction of sp³-hybridized carbons (Fsp3) is 0.786. The normalized spacial score (nSPS) is 37.9. The summed E-state index contributed by atoms with van der Waals surface area (Å²) in [6, 6.07) is 0. The molecule has 2 unspecified atom stereocenters. The molecule has 3 aliphatic carbocycles. The van der Waals surface area contributed by atoms with Gasteiger partial charge in [-0.2, -0.15) is 0 Å². The van der Waals surface area contributed by atoms with Gasteiger partial charge in [-0.3, -0.25) is 0 Å². The van der Waals surface area contributed by atoms with Crippen molar-refractivity contribution in [3.05, 3.63) is 35.5 Å². The predicted octanol–water partition coefficient (Wildman–Crippen LogP) is 7.87. The van der Waals surface area contributed by atoms with Gasteiger partial charge in [0.15, 0.2) is 0 Å². The number of rotatable bonds is 6. The van der Waals surface area contributed by atoms with Gasteiger partial charge in [-0.1, -0.05) is 77.3 Å². The van der Waals surface area contributed by atoms with Crippen molar-refractivity contribution in [1.29, 1.82) is 0 Å². The van der Waals surface area contributed by atoms with E-state index in [1.165, 1.54) is 56.1 Å². The first kappa shape index (κ1) is 22.9. The quantitative estimate of drug-likeness (QED) is 0.482. The van der Waals surface area contributed by atoms with Crippen LogP contribution >= 0.6 is 0 Å². The van der Waals surface area contributed by atoms with Crippen molar-refractivity contribution in [2.75, 3.05) is 0 Å². The van der Waals surface area contributed by atoms with Gasteiger partial charge >= 0.3 is 0 Å². The zero-order valence-corrected chi connectivity index (χ0v) is 19.8. The van der Waals surface area contributed by atoms with E-state index in [2.05, 4.69) is 53.3 Å². The zero-order chi connectivity index (χ0) is 21.2. The molecule has 0 aliphatic heterocycles. The van der Waals surface area contributed by atoms with Gasteiger partial charge in [-0.25, -0.2) is 0 Å². The molecular formula is C28H46O. The van der Waals surface area contributed by atoms with E-state index in [1.807, 2.05) is 0 Å². The zero-order valence-electron chi connectivity index (χ0n) is 19.8. The molecule has 0 amide bonds. The summed E-state index contributed by atoms with van der Waals surface area (Å²) in [4.78, 5) is 0. The Balaban J connectivity index is 1.70. The molecule has 1 nitrogen and oxygen atoms in total. The van der Waals surface area contributed by atoms with E-state index in [1.54, 1.807) is 5.57 Å². The number of hydrogen-bond donors (Lipinski definition) is 1. The Labute approximate surface area is 180 Å². The van der Waals surface area contributed by atoms with Crippen LogP contribution in [0.1, 0.15) is 98.8 Å². The van der Waals surface area contributed by atoms with Gasteiger partial charge < -0.3 is 5.11 Å². The van der Waals surface area contributed by atoms with Crippen LogP contribution in [0.4, 0.5) is 0 Å². The SMILES string of the molecule is C=C1CC[C@H](O)C/C1=C/C=C1\CCC[C@]2(C)[C@@H](C(C)CCC(C)C(C)C)CC[C@@H]12. The highest BCUT2D eigenvalue weighted by atomic mass is 16.3. The lowest BCUT2D eigenvalue weighted by Gasteiger charge is -2.44. The van der Waals surface area contributed by atoms with Crippen LogP contribution in [0, 0.1) is 35.0 Å². The van der Waals surface area contributed by atoms with Crippen LogP contribution in [0.25, 0.3) is 0 Å². The Morgan fingerprint density at radius 2 is 1.83 bits per heavy atom. The first-order chi connectivity index (χ1) is 13.7. The number of hydrogen-bond acceptors (Lipinski definition) is 1. The van der Waals surface area contributed by atoms with E-state index in [9.17, 15) is 5.11 Å². The van der Waals surface area contributed by atoms with Crippen molar-refractivity contribution in [3.8, 4) is 0 Å². The van der Waals surface area contributed by atoms with Crippen molar-refractivity contribution in [2.24, 2.45) is 35.0 Å². The first-order valence-corrected chi connectivity index (χ1v) is 12.5. The number of allylic oxidation sites excluding steroid dienone is 4. The average molecular weight is 399 g/mol. The van der Waals surface area contributed by atoms with Crippen LogP contribution in [0.15, 0.2) is 35.5 Å². The van der Waals surface area contributed by atoms with Gasteiger partial charge in [0, 0.05) is 0 Å². The highest BCUT2D eigenvalue weighted by Crippen LogP contribution is 2.60. The molecule has 0 saturated heterocycles. The lowest BCUT2D eigenvalue weighted by Crippen LogP contribution is -2.36. The summed E-state index contributed by atoms with van der Waals surface area (Å²) in [6.45, 7) is 16.6. The van der Waals surface area contributed by atoms with E-state index in [4.69, 9.17) is 0 Å². The van der Waals surface area contributed by atoms with Crippen molar-refractivity contribution >= 4 is 0 Å². The van der Waals surface area contributed by atoms with Crippen LogP contribution < -0.4 is 0 Å². The minimum absolute atomic E-state index is 0.174. The van der Waals surface area contributed by atoms with Crippen molar-refractivity contribution in [1.82, 2.24) is 0 Å². The molecule has 0 aromatic rings. The maximum absolute atomic E-state index is 10.0. The summed E-state index contributed by atoms with van der Waals surface area (Å²) in [7, 11) is 0. The van der Waals surface area contributed by atoms with Crippen molar-refractivity contribution in [3.63, 3.8) is 0 Å². The highest BCUT2D eigenvalue weighted by molar-refractivity contribution is 5.36. The second-order valence-corrected chi connectivity index (χ2v) is 11.3. The highest BCUT2D eigenvalue weighted by Gasteiger charge is 2.50. The fourth-order valence-electron chi connectivity index (χ4n) is 6.67. The lowest BCUT2D eigenvalue weighted by atomic mass is 9.60. The molecule has 0 bridgehead atoms. The van der Waals surface area contributed by atoms with Gasteiger partial charge in [0.25, 0.3) is 0 Å². The molecule has 1 N–H and O–H groups in total. The predicted molar refractivity (Wildman–Crippen MR) is 126 cm³/mol. The average Bonchev–Trinajstić information content (AvgIpc) is 3.04. The molecule has 29 heavy (non-hydrogen) atoms. The number of aliphatic hydroxyl groups excluding tert-OH is 1. The molecule has 6 atom stereocenters. The topological polar surface area (TPSA) is 20.2 Å². The number of fused-ring (bicyclic) bond motifs is 1. The van der Waals surface area contributed by atoms with Gasteiger partial charge in [0.05, 0.1) is 6.10 Å². The molecule has 0 heterocycles. The molecule has 3 saturated carbocycles. The largest absolute Gasteiger partial charge is 0.393 e. The smallest absolute Gasteiger partial charge is 0.0583 e. The van der Waals surface area contributed by atoms with E-state index in [0.717, 1.165) is 48.9 Å². The second-order valence-electron chi connectivity index (χ2n) is 11.3. The van der Waals surface area contributed by atoms with Gasteiger partial charge in [0.1, 0.15) is 0 Å². The molecule has 3 fully saturated rings. The molecule has 0 aromatic heterocycles. The Morgan fingerprint density at radius 3 is 2.55 bits per heavy atom. The van der Waals surface area contributed by atoms with Crippen LogP contribution in [0.2, 0.25) is 0 Å². The standard InChI is InChI=1S/C28H46O/c1-19(2)20(3)9-10-22(5)26-15-16-27-23(8-7-17-28(26,27)6)12-13-24-18-25(29)14-11-21(24)4/h12-13,19-20,22,25-27,29H,4,7-11,14-18H2,1-3,5-6H3/b23-12+,24-13-/t20?,22?,25-,26+,27-,28+/m0/s1. The van der Waals surface area contributed by atoms with Crippen LogP contribution in [-0.2, 0) is 0 Å². The third kappa shape index (κ3) is 5.09. The van der Waals surface area contributed by atoms with E-state index in [-0.39, 0.29) is 6.10 Å². The summed E-state index contributed by atoms with van der Waals surface area (Å²) in [5, 5.41) is 10.0. The van der Waals surface area contributed by atoms with Gasteiger partial charge in [-0.05, 0) is 91.9 Å². The van der Waals surface area contributed by atoms with Gasteiger partial charge in [0.2, 0.25) is 0 Å². The van der Waals surface area contributed by atoms with E-state index >= 15 is 0 Å². The van der Waals surface area contributed by atoms with Crippen molar-refractivity contribution < 1.29 is 5.11 Å². The van der Waals surface area contributed by atoms with E-state index < -0.39 is 0 Å². The number of aliphatic hydroxyl groups is 1.